The van der Waals surface area contributed by atoms with E-state index in [0.29, 0.717) is 39.7 Å². The van der Waals surface area contributed by atoms with Crippen LogP contribution in [0, 0.1) is 0 Å². The second kappa shape index (κ2) is 8.38. The van der Waals surface area contributed by atoms with Crippen LogP contribution in [0.4, 0.5) is 5.82 Å². The second-order valence-electron chi connectivity index (χ2n) is 8.07. The number of aromatic nitrogens is 5. The van der Waals surface area contributed by atoms with Gasteiger partial charge in [-0.1, -0.05) is 17.7 Å². The number of rotatable bonds is 4. The average Bonchev–Trinajstić information content (AvgIpc) is 3.37. The zero-order valence-electron chi connectivity index (χ0n) is 18.4. The molecule has 11 heteroatoms. The lowest BCUT2D eigenvalue weighted by atomic mass is 10.0. The highest BCUT2D eigenvalue weighted by molar-refractivity contribution is 6.35. The van der Waals surface area contributed by atoms with Gasteiger partial charge in [-0.05, 0) is 24.3 Å². The van der Waals surface area contributed by atoms with Gasteiger partial charge in [0.2, 0.25) is 5.91 Å². The van der Waals surface area contributed by atoms with Gasteiger partial charge in [-0.3, -0.25) is 14.5 Å². The molecular formula is C23H20ClN7O3. The van der Waals surface area contributed by atoms with Gasteiger partial charge in [0.15, 0.2) is 11.5 Å². The molecule has 172 valence electrons. The molecule has 1 saturated heterocycles. The molecule has 3 aromatic heterocycles. The smallest absolute Gasteiger partial charge is 0.361 e. The third kappa shape index (κ3) is 3.92. The molecule has 4 heterocycles. The summed E-state index contributed by atoms with van der Waals surface area (Å²) >= 11 is 6.51. The fourth-order valence-corrected chi connectivity index (χ4v) is 4.19. The Hall–Kier alpha value is -4.05. The maximum absolute atomic E-state index is 13.0. The maximum Gasteiger partial charge on any atom is 0.361 e. The summed E-state index contributed by atoms with van der Waals surface area (Å²) in [7, 11) is 3.44. The number of nitrogens with zero attached hydrogens (tertiary/aromatic N) is 6. The van der Waals surface area contributed by atoms with Gasteiger partial charge >= 0.3 is 5.97 Å². The summed E-state index contributed by atoms with van der Waals surface area (Å²) in [5.74, 6) is -0.941. The number of anilines is 1. The van der Waals surface area contributed by atoms with Crippen LogP contribution in [0.15, 0.2) is 42.7 Å². The van der Waals surface area contributed by atoms with Crippen molar-refractivity contribution in [2.24, 2.45) is 7.05 Å². The minimum Gasteiger partial charge on any atom is -0.455 e. The van der Waals surface area contributed by atoms with Gasteiger partial charge in [0, 0.05) is 37.4 Å². The molecule has 0 bridgehead atoms. The number of nitrogens with two attached hydrogens (primary N) is 1. The summed E-state index contributed by atoms with van der Waals surface area (Å²) in [5.41, 5.74) is 8.55. The Morgan fingerprint density at radius 3 is 2.74 bits per heavy atom. The topological polar surface area (TPSA) is 129 Å². The van der Waals surface area contributed by atoms with Crippen LogP contribution in [-0.2, 0) is 16.6 Å². The normalized spacial score (nSPS) is 15.8. The van der Waals surface area contributed by atoms with Crippen LogP contribution in [0.2, 0.25) is 5.02 Å². The van der Waals surface area contributed by atoms with E-state index < -0.39 is 12.1 Å². The van der Waals surface area contributed by atoms with E-state index in [4.69, 9.17) is 22.1 Å². The number of halogens is 1. The van der Waals surface area contributed by atoms with Crippen molar-refractivity contribution in [2.75, 3.05) is 19.3 Å². The van der Waals surface area contributed by atoms with E-state index in [0.717, 1.165) is 5.39 Å². The van der Waals surface area contributed by atoms with Crippen molar-refractivity contribution in [3.8, 4) is 22.6 Å². The standard InChI is InChI=1S/C23H20ClN7O3/c1-30-11-14(10-17(30)32)34-23(33)21-22(25)28-20(16-5-7-31(2)29-16)19(27-21)13-8-12-4-3-6-26-18(12)15(24)9-13/h3-9,14H,10-11H2,1-2H3,(H2,25,28). The van der Waals surface area contributed by atoms with Crippen LogP contribution < -0.4 is 5.73 Å². The van der Waals surface area contributed by atoms with Crippen LogP contribution >= 0.6 is 11.6 Å². The van der Waals surface area contributed by atoms with Gasteiger partial charge in [0.1, 0.15) is 17.5 Å². The number of benzene rings is 1. The number of carbonyl (C=O) groups is 2. The van der Waals surface area contributed by atoms with Crippen molar-refractivity contribution < 1.29 is 14.3 Å². The molecule has 5 rings (SSSR count). The van der Waals surface area contributed by atoms with E-state index in [1.54, 1.807) is 49.4 Å². The number of carbonyl (C=O) groups excluding carboxylic acids is 2. The first-order valence-corrected chi connectivity index (χ1v) is 10.8. The first kappa shape index (κ1) is 21.8. The fourth-order valence-electron chi connectivity index (χ4n) is 3.91. The Kier molecular flexibility index (Phi) is 5.37. The zero-order chi connectivity index (χ0) is 24.0. The number of aryl methyl sites for hydroxylation is 1. The van der Waals surface area contributed by atoms with Crippen molar-refractivity contribution >= 4 is 40.2 Å². The molecule has 1 atom stereocenters. The Labute approximate surface area is 199 Å². The van der Waals surface area contributed by atoms with Gasteiger partial charge in [0.05, 0.1) is 29.2 Å². The van der Waals surface area contributed by atoms with E-state index in [1.807, 2.05) is 12.1 Å². The van der Waals surface area contributed by atoms with Gasteiger partial charge < -0.3 is 15.4 Å². The molecule has 0 radical (unpaired) electrons. The predicted molar refractivity (Wildman–Crippen MR) is 126 cm³/mol. The van der Waals surface area contributed by atoms with E-state index >= 15 is 0 Å². The first-order chi connectivity index (χ1) is 16.3. The molecule has 34 heavy (non-hydrogen) atoms. The summed E-state index contributed by atoms with van der Waals surface area (Å²) in [4.78, 5) is 39.6. The van der Waals surface area contributed by atoms with Crippen molar-refractivity contribution in [1.29, 1.82) is 0 Å². The molecule has 1 aromatic carbocycles. The predicted octanol–water partition coefficient (Wildman–Crippen LogP) is 2.72. The number of likely N-dealkylation sites (N-methyl/N-ethyl adjacent to an activating group) is 1. The minimum atomic E-state index is -0.750. The Morgan fingerprint density at radius 2 is 2.03 bits per heavy atom. The molecule has 0 spiro atoms. The summed E-state index contributed by atoms with van der Waals surface area (Å²) < 4.78 is 7.14. The molecule has 1 aliphatic heterocycles. The van der Waals surface area contributed by atoms with Gasteiger partial charge in [0.25, 0.3) is 0 Å². The number of nitrogen functional groups attached to an aromatic ring is 1. The number of esters is 1. The highest BCUT2D eigenvalue weighted by Crippen LogP contribution is 2.34. The van der Waals surface area contributed by atoms with Gasteiger partial charge in [-0.15, -0.1) is 0 Å². The number of fused-ring (bicyclic) bond motifs is 1. The summed E-state index contributed by atoms with van der Waals surface area (Å²) in [5, 5.41) is 5.65. The fraction of sp³-hybridized carbons (Fsp3) is 0.217. The van der Waals surface area contributed by atoms with Crippen molar-refractivity contribution in [3.05, 3.63) is 53.4 Å². The monoisotopic (exact) mass is 477 g/mol. The highest BCUT2D eigenvalue weighted by Gasteiger charge is 2.31. The van der Waals surface area contributed by atoms with Crippen molar-refractivity contribution in [1.82, 2.24) is 29.6 Å². The summed E-state index contributed by atoms with van der Waals surface area (Å²) in [6.07, 6.45) is 2.97. The van der Waals surface area contributed by atoms with Gasteiger partial charge in [-0.25, -0.2) is 14.8 Å². The number of likely N-dealkylation sites (tertiary alicyclic amines) is 1. The molecular weight excluding hydrogens is 458 g/mol. The number of amides is 1. The van der Waals surface area contributed by atoms with Gasteiger partial charge in [-0.2, -0.15) is 5.10 Å². The quantitative estimate of drug-likeness (QED) is 0.444. The lowest BCUT2D eigenvalue weighted by molar-refractivity contribution is -0.126. The number of ether oxygens (including phenoxy) is 1. The first-order valence-electron chi connectivity index (χ1n) is 10.5. The average molecular weight is 478 g/mol. The number of pyridine rings is 1. The molecule has 0 aliphatic carbocycles. The Morgan fingerprint density at radius 1 is 1.21 bits per heavy atom. The minimum absolute atomic E-state index is 0.0949. The van der Waals surface area contributed by atoms with Crippen LogP contribution in [-0.4, -0.2) is 61.2 Å². The molecule has 2 N–H and O–H groups in total. The molecule has 1 amide bonds. The van der Waals surface area contributed by atoms with Crippen molar-refractivity contribution in [3.63, 3.8) is 0 Å². The molecule has 1 aliphatic rings. The van der Waals surface area contributed by atoms with E-state index in [2.05, 4.69) is 20.1 Å². The van der Waals surface area contributed by atoms with E-state index in [-0.39, 0.29) is 23.8 Å². The molecule has 4 aromatic rings. The lowest BCUT2D eigenvalue weighted by Gasteiger charge is -2.15. The Bertz CT molecular complexity index is 1450. The van der Waals surface area contributed by atoms with E-state index in [9.17, 15) is 9.59 Å². The number of hydrogen-bond donors (Lipinski definition) is 1. The SMILES string of the molecule is CN1CC(OC(=O)c2nc(-c3cc(Cl)c4ncccc4c3)c(-c3ccn(C)n3)nc2N)CC1=O. The zero-order valence-corrected chi connectivity index (χ0v) is 19.2. The van der Waals surface area contributed by atoms with Crippen molar-refractivity contribution in [2.45, 2.75) is 12.5 Å². The van der Waals surface area contributed by atoms with Crippen LogP contribution in [0.5, 0.6) is 0 Å². The van der Waals surface area contributed by atoms with Crippen LogP contribution in [0.3, 0.4) is 0 Å². The number of hydrogen-bond acceptors (Lipinski definition) is 8. The summed E-state index contributed by atoms with van der Waals surface area (Å²) in [6, 6.07) is 9.03. The molecule has 1 unspecified atom stereocenters. The molecule has 10 nitrogen and oxygen atoms in total. The van der Waals surface area contributed by atoms with Crippen LogP contribution in [0.25, 0.3) is 33.5 Å². The second-order valence-corrected chi connectivity index (χ2v) is 8.48. The Balaban J connectivity index is 1.63. The maximum atomic E-state index is 13.0. The largest absolute Gasteiger partial charge is 0.455 e. The third-order valence-electron chi connectivity index (χ3n) is 5.58. The lowest BCUT2D eigenvalue weighted by Crippen LogP contribution is -2.24. The summed E-state index contributed by atoms with van der Waals surface area (Å²) in [6.45, 7) is 0.310. The van der Waals surface area contributed by atoms with E-state index in [1.165, 1.54) is 4.90 Å². The third-order valence-corrected chi connectivity index (χ3v) is 5.87. The van der Waals surface area contributed by atoms with Crippen LogP contribution in [0.1, 0.15) is 16.9 Å². The molecule has 0 saturated carbocycles. The highest BCUT2D eigenvalue weighted by atomic mass is 35.5. The molecule has 1 fully saturated rings.